The third-order valence-electron chi connectivity index (χ3n) is 2.20. The molecule has 66 valence electrons. The van der Waals surface area contributed by atoms with Crippen LogP contribution in [0, 0.1) is 0 Å². The van der Waals surface area contributed by atoms with E-state index in [0.29, 0.717) is 6.42 Å². The van der Waals surface area contributed by atoms with E-state index in [2.05, 4.69) is 4.99 Å². The van der Waals surface area contributed by atoms with Crippen LogP contribution < -0.4 is 0 Å². The predicted molar refractivity (Wildman–Crippen MR) is 51.9 cm³/mol. The largest absolute Gasteiger partial charge is 0.296 e. The van der Waals surface area contributed by atoms with Gasteiger partial charge in [-0.1, -0.05) is 30.3 Å². The Kier molecular flexibility index (Phi) is 1.97. The summed E-state index contributed by atoms with van der Waals surface area (Å²) in [4.78, 5) is 15.8. The van der Waals surface area contributed by atoms with E-state index in [1.807, 2.05) is 37.3 Å². The molecule has 0 aromatic heterocycles. The molecule has 0 N–H and O–H groups in total. The molecule has 0 saturated heterocycles. The molecule has 0 bridgehead atoms. The summed E-state index contributed by atoms with van der Waals surface area (Å²) in [6, 6.07) is 9.48. The Labute approximate surface area is 77.3 Å². The van der Waals surface area contributed by atoms with E-state index in [0.717, 1.165) is 11.3 Å². The monoisotopic (exact) mass is 173 g/mol. The van der Waals surface area contributed by atoms with Gasteiger partial charge in [-0.05, 0) is 12.5 Å². The van der Waals surface area contributed by atoms with Crippen LogP contribution in [0.5, 0.6) is 0 Å². The van der Waals surface area contributed by atoms with E-state index >= 15 is 0 Å². The zero-order chi connectivity index (χ0) is 9.26. The zero-order valence-electron chi connectivity index (χ0n) is 7.53. The summed E-state index contributed by atoms with van der Waals surface area (Å²) in [5.74, 6) is 0.212. The fraction of sp³-hybridized carbons (Fsp3) is 0.273. The molecule has 2 nitrogen and oxygen atoms in total. The fourth-order valence-electron chi connectivity index (χ4n) is 1.58. The van der Waals surface area contributed by atoms with E-state index in [4.69, 9.17) is 0 Å². The molecule has 1 unspecified atom stereocenters. The van der Waals surface area contributed by atoms with Gasteiger partial charge >= 0.3 is 0 Å². The molecule has 1 aliphatic rings. The van der Waals surface area contributed by atoms with Gasteiger partial charge in [0.2, 0.25) is 0 Å². The van der Waals surface area contributed by atoms with Crippen LogP contribution in [-0.2, 0) is 4.79 Å². The predicted octanol–water partition coefficient (Wildman–Crippen LogP) is 2.16. The third kappa shape index (κ3) is 1.52. The molecule has 1 aromatic carbocycles. The van der Waals surface area contributed by atoms with E-state index in [1.165, 1.54) is 0 Å². The van der Waals surface area contributed by atoms with Crippen LogP contribution in [0.25, 0.3) is 0 Å². The molecular weight excluding hydrogens is 162 g/mol. The minimum absolute atomic E-state index is 0.212. The Balaban J connectivity index is 2.33. The lowest BCUT2D eigenvalue weighted by atomic mass is 10.0. The standard InChI is InChI=1S/C11H11NO/c1-8-7-10(13)11(12-8)9-5-3-2-4-6-9/h2-6,11H,7H2,1H3. The van der Waals surface area contributed by atoms with Crippen molar-refractivity contribution in [2.75, 3.05) is 0 Å². The van der Waals surface area contributed by atoms with Crippen molar-refractivity contribution >= 4 is 11.5 Å². The SMILES string of the molecule is CC1=NC(c2ccccc2)C(=O)C1. The lowest BCUT2D eigenvalue weighted by Gasteiger charge is -2.04. The van der Waals surface area contributed by atoms with Gasteiger partial charge in [-0.2, -0.15) is 0 Å². The minimum atomic E-state index is -0.235. The fourth-order valence-corrected chi connectivity index (χ4v) is 1.58. The van der Waals surface area contributed by atoms with Crippen LogP contribution >= 0.6 is 0 Å². The highest BCUT2D eigenvalue weighted by Crippen LogP contribution is 2.25. The summed E-state index contributed by atoms with van der Waals surface area (Å²) in [6.45, 7) is 1.90. The molecule has 0 radical (unpaired) electrons. The van der Waals surface area contributed by atoms with Crippen molar-refractivity contribution in [2.24, 2.45) is 4.99 Å². The van der Waals surface area contributed by atoms with Crippen molar-refractivity contribution in [1.82, 2.24) is 0 Å². The highest BCUT2D eigenvalue weighted by molar-refractivity contribution is 6.08. The molecule has 0 spiro atoms. The number of nitrogens with zero attached hydrogens (tertiary/aromatic N) is 1. The molecule has 0 saturated carbocycles. The molecule has 1 aromatic rings. The zero-order valence-corrected chi connectivity index (χ0v) is 7.53. The maximum atomic E-state index is 11.5. The molecule has 1 heterocycles. The summed E-state index contributed by atoms with van der Waals surface area (Å²) >= 11 is 0. The van der Waals surface area contributed by atoms with E-state index < -0.39 is 0 Å². The summed E-state index contributed by atoms with van der Waals surface area (Å²) < 4.78 is 0. The number of carbonyl (C=O) groups excluding carboxylic acids is 1. The average molecular weight is 173 g/mol. The van der Waals surface area contributed by atoms with Crippen molar-refractivity contribution in [3.8, 4) is 0 Å². The van der Waals surface area contributed by atoms with Gasteiger partial charge in [-0.25, -0.2) is 0 Å². The van der Waals surface area contributed by atoms with Crippen molar-refractivity contribution in [1.29, 1.82) is 0 Å². The number of hydrogen-bond acceptors (Lipinski definition) is 2. The number of carbonyl (C=O) groups is 1. The molecule has 13 heavy (non-hydrogen) atoms. The average Bonchev–Trinajstić information content (AvgIpc) is 2.47. The second-order valence-corrected chi connectivity index (χ2v) is 3.32. The van der Waals surface area contributed by atoms with Crippen LogP contribution in [0.4, 0.5) is 0 Å². The first-order chi connectivity index (χ1) is 6.27. The Morgan fingerprint density at radius 3 is 2.54 bits per heavy atom. The number of rotatable bonds is 1. The highest BCUT2D eigenvalue weighted by atomic mass is 16.1. The summed E-state index contributed by atoms with van der Waals surface area (Å²) in [7, 11) is 0. The molecule has 0 fully saturated rings. The Morgan fingerprint density at radius 1 is 1.31 bits per heavy atom. The second-order valence-electron chi connectivity index (χ2n) is 3.32. The first kappa shape index (κ1) is 8.17. The Morgan fingerprint density at radius 2 is 2.00 bits per heavy atom. The highest BCUT2D eigenvalue weighted by Gasteiger charge is 2.25. The van der Waals surface area contributed by atoms with Gasteiger partial charge < -0.3 is 0 Å². The summed E-state index contributed by atoms with van der Waals surface area (Å²) in [6.07, 6.45) is 0.513. The lowest BCUT2D eigenvalue weighted by Crippen LogP contribution is -2.04. The minimum Gasteiger partial charge on any atom is -0.296 e. The van der Waals surface area contributed by atoms with Gasteiger partial charge in [0.1, 0.15) is 6.04 Å². The topological polar surface area (TPSA) is 29.4 Å². The maximum Gasteiger partial charge on any atom is 0.167 e. The van der Waals surface area contributed by atoms with Crippen molar-refractivity contribution in [2.45, 2.75) is 19.4 Å². The van der Waals surface area contributed by atoms with Gasteiger partial charge in [-0.3, -0.25) is 9.79 Å². The quantitative estimate of drug-likeness (QED) is 0.639. The number of Topliss-reactive ketones (excluding diaryl/α,β-unsaturated/α-hetero) is 1. The van der Waals surface area contributed by atoms with Gasteiger partial charge in [0.25, 0.3) is 0 Å². The molecule has 1 aliphatic heterocycles. The van der Waals surface area contributed by atoms with Crippen molar-refractivity contribution < 1.29 is 4.79 Å². The van der Waals surface area contributed by atoms with Gasteiger partial charge in [0.05, 0.1) is 0 Å². The summed E-state index contributed by atoms with van der Waals surface area (Å²) in [5, 5.41) is 0. The molecule has 0 amide bonds. The van der Waals surface area contributed by atoms with Crippen LogP contribution in [0.2, 0.25) is 0 Å². The smallest absolute Gasteiger partial charge is 0.167 e. The van der Waals surface area contributed by atoms with Crippen LogP contribution in [-0.4, -0.2) is 11.5 Å². The molecule has 2 heteroatoms. The number of ketones is 1. The third-order valence-corrected chi connectivity index (χ3v) is 2.20. The number of hydrogen-bond donors (Lipinski definition) is 0. The van der Waals surface area contributed by atoms with E-state index in [1.54, 1.807) is 0 Å². The Bertz CT molecular complexity index is 354. The number of benzene rings is 1. The van der Waals surface area contributed by atoms with Gasteiger partial charge in [0.15, 0.2) is 5.78 Å². The van der Waals surface area contributed by atoms with Crippen LogP contribution in [0.15, 0.2) is 35.3 Å². The summed E-state index contributed by atoms with van der Waals surface area (Å²) in [5.41, 5.74) is 1.95. The van der Waals surface area contributed by atoms with Gasteiger partial charge in [-0.15, -0.1) is 0 Å². The second kappa shape index (κ2) is 3.13. The Hall–Kier alpha value is -1.44. The molecular formula is C11H11NO. The molecule has 0 aliphatic carbocycles. The van der Waals surface area contributed by atoms with E-state index in [9.17, 15) is 4.79 Å². The number of aliphatic imine (C=N–C) groups is 1. The first-order valence-corrected chi connectivity index (χ1v) is 4.38. The lowest BCUT2D eigenvalue weighted by molar-refractivity contribution is -0.118. The van der Waals surface area contributed by atoms with Crippen molar-refractivity contribution in [3.05, 3.63) is 35.9 Å². The van der Waals surface area contributed by atoms with Gasteiger partial charge in [0, 0.05) is 12.1 Å². The van der Waals surface area contributed by atoms with E-state index in [-0.39, 0.29) is 11.8 Å². The molecule has 2 rings (SSSR count). The maximum absolute atomic E-state index is 11.5. The van der Waals surface area contributed by atoms with Crippen LogP contribution in [0.1, 0.15) is 24.9 Å². The molecule has 1 atom stereocenters. The first-order valence-electron chi connectivity index (χ1n) is 4.38. The van der Waals surface area contributed by atoms with Crippen molar-refractivity contribution in [3.63, 3.8) is 0 Å². The normalized spacial score (nSPS) is 21.8. The van der Waals surface area contributed by atoms with Crippen LogP contribution in [0.3, 0.4) is 0 Å².